The first-order valence-electron chi connectivity index (χ1n) is 7.00. The van der Waals surface area contributed by atoms with Crippen molar-refractivity contribution in [2.75, 3.05) is 11.2 Å². The second-order valence-corrected chi connectivity index (χ2v) is 6.55. The lowest BCUT2D eigenvalue weighted by molar-refractivity contribution is 0.353. The van der Waals surface area contributed by atoms with Gasteiger partial charge in [-0.25, -0.2) is 0 Å². The summed E-state index contributed by atoms with van der Waals surface area (Å²) in [6.45, 7) is 0. The number of hydrogen-bond donors (Lipinski definition) is 1. The molecule has 5 heteroatoms. The normalized spacial score (nSPS) is 22.9. The van der Waals surface area contributed by atoms with Crippen LogP contribution in [0.1, 0.15) is 25.7 Å². The van der Waals surface area contributed by atoms with Gasteiger partial charge >= 0.3 is 0 Å². The van der Waals surface area contributed by atoms with E-state index in [0.29, 0.717) is 12.0 Å². The molecule has 1 aliphatic rings. The van der Waals surface area contributed by atoms with Gasteiger partial charge in [0.05, 0.1) is 11.2 Å². The molecule has 1 aliphatic carbocycles. The highest BCUT2D eigenvalue weighted by molar-refractivity contribution is 9.10. The van der Waals surface area contributed by atoms with Crippen LogP contribution < -0.4 is 5.32 Å². The molecule has 1 saturated carbocycles. The lowest BCUT2D eigenvalue weighted by Gasteiger charge is -2.31. The Kier molecular flexibility index (Phi) is 4.41. The summed E-state index contributed by atoms with van der Waals surface area (Å²) in [4.78, 5) is 8.87. The van der Waals surface area contributed by atoms with Gasteiger partial charge in [0, 0.05) is 28.8 Å². The maximum atomic E-state index is 6.11. The Hall–Kier alpha value is -0.870. The minimum absolute atomic E-state index is 0.442. The van der Waals surface area contributed by atoms with Crippen LogP contribution in [0.4, 0.5) is 5.69 Å². The van der Waals surface area contributed by atoms with E-state index in [2.05, 4.69) is 31.2 Å². The Labute approximate surface area is 132 Å². The number of aromatic nitrogens is 2. The van der Waals surface area contributed by atoms with Gasteiger partial charge < -0.3 is 5.32 Å². The Morgan fingerprint density at radius 3 is 3.00 bits per heavy atom. The number of rotatable bonds is 3. The quantitative estimate of drug-likeness (QED) is 0.818. The molecule has 0 saturated heterocycles. The van der Waals surface area contributed by atoms with Crippen molar-refractivity contribution in [3.63, 3.8) is 0 Å². The number of fused-ring (bicyclic) bond motifs is 1. The number of nitrogens with one attached hydrogen (secondary N) is 1. The average Bonchev–Trinajstić information content (AvgIpc) is 2.47. The van der Waals surface area contributed by atoms with Gasteiger partial charge in [-0.3, -0.25) is 9.97 Å². The molecule has 2 unspecified atom stereocenters. The molecule has 2 atom stereocenters. The summed E-state index contributed by atoms with van der Waals surface area (Å²) in [7, 11) is 0. The Bertz CT molecular complexity index is 605. The van der Waals surface area contributed by atoms with Crippen LogP contribution in [0.25, 0.3) is 11.0 Å². The summed E-state index contributed by atoms with van der Waals surface area (Å²) in [5.74, 6) is 1.27. The van der Waals surface area contributed by atoms with Gasteiger partial charge in [-0.1, -0.05) is 12.8 Å². The maximum Gasteiger partial charge on any atom is 0.112 e. The van der Waals surface area contributed by atoms with Crippen LogP contribution in [0.5, 0.6) is 0 Å². The second-order valence-electron chi connectivity index (χ2n) is 5.33. The van der Waals surface area contributed by atoms with Crippen molar-refractivity contribution in [3.8, 4) is 0 Å². The lowest BCUT2D eigenvalue weighted by atomic mass is 9.85. The number of alkyl halides is 1. The summed E-state index contributed by atoms with van der Waals surface area (Å²) < 4.78 is 0.950. The van der Waals surface area contributed by atoms with Crippen molar-refractivity contribution in [3.05, 3.63) is 29.0 Å². The summed E-state index contributed by atoms with van der Waals surface area (Å²) in [5, 5.41) is 3.64. The zero-order valence-corrected chi connectivity index (χ0v) is 13.5. The van der Waals surface area contributed by atoms with Crippen molar-refractivity contribution >= 4 is 44.3 Å². The van der Waals surface area contributed by atoms with Gasteiger partial charge in [-0.15, -0.1) is 11.6 Å². The number of pyridine rings is 2. The van der Waals surface area contributed by atoms with Gasteiger partial charge in [0.1, 0.15) is 5.52 Å². The summed E-state index contributed by atoms with van der Waals surface area (Å²) in [5.41, 5.74) is 2.89. The van der Waals surface area contributed by atoms with Crippen molar-refractivity contribution in [1.29, 1.82) is 0 Å². The zero-order chi connectivity index (χ0) is 13.9. The first-order valence-corrected chi connectivity index (χ1v) is 8.33. The number of anilines is 1. The molecule has 1 N–H and O–H groups in total. The summed E-state index contributed by atoms with van der Waals surface area (Å²) >= 11 is 9.54. The van der Waals surface area contributed by atoms with Crippen LogP contribution in [-0.4, -0.2) is 21.9 Å². The SMILES string of the molecule is ClCC1CCCCC1Nc1ccnc2cc(Br)cnc12. The molecular formula is C15H17BrClN3. The van der Waals surface area contributed by atoms with Crippen molar-refractivity contribution in [2.45, 2.75) is 31.7 Å². The van der Waals surface area contributed by atoms with Crippen molar-refractivity contribution in [1.82, 2.24) is 9.97 Å². The second kappa shape index (κ2) is 6.27. The van der Waals surface area contributed by atoms with Crippen LogP contribution in [0, 0.1) is 5.92 Å². The summed E-state index contributed by atoms with van der Waals surface area (Å²) in [6, 6.07) is 4.44. The first-order chi connectivity index (χ1) is 9.78. The van der Waals surface area contributed by atoms with E-state index in [1.807, 2.05) is 24.5 Å². The predicted octanol–water partition coefficient (Wildman–Crippen LogP) is 4.60. The molecule has 0 aliphatic heterocycles. The van der Waals surface area contributed by atoms with Crippen LogP contribution in [0.15, 0.2) is 29.0 Å². The van der Waals surface area contributed by atoms with E-state index in [1.54, 1.807) is 0 Å². The van der Waals surface area contributed by atoms with E-state index in [1.165, 1.54) is 25.7 Å². The molecule has 3 rings (SSSR count). The molecule has 0 bridgehead atoms. The van der Waals surface area contributed by atoms with E-state index in [0.717, 1.165) is 27.1 Å². The predicted molar refractivity (Wildman–Crippen MR) is 87.3 cm³/mol. The molecule has 1 fully saturated rings. The maximum absolute atomic E-state index is 6.11. The molecule has 2 aromatic heterocycles. The fourth-order valence-corrected chi connectivity index (χ4v) is 3.59. The number of halogens is 2. The molecule has 0 radical (unpaired) electrons. The molecule has 2 heterocycles. The van der Waals surface area contributed by atoms with Crippen molar-refractivity contribution < 1.29 is 0 Å². The van der Waals surface area contributed by atoms with Crippen LogP contribution in [-0.2, 0) is 0 Å². The van der Waals surface area contributed by atoms with Gasteiger partial charge in [-0.2, -0.15) is 0 Å². The smallest absolute Gasteiger partial charge is 0.112 e. The van der Waals surface area contributed by atoms with E-state index < -0.39 is 0 Å². The highest BCUT2D eigenvalue weighted by Crippen LogP contribution is 2.30. The first kappa shape index (κ1) is 14.1. The van der Waals surface area contributed by atoms with E-state index in [4.69, 9.17) is 11.6 Å². The fourth-order valence-electron chi connectivity index (χ4n) is 2.90. The zero-order valence-electron chi connectivity index (χ0n) is 11.1. The largest absolute Gasteiger partial charge is 0.380 e. The van der Waals surface area contributed by atoms with Crippen LogP contribution in [0.2, 0.25) is 0 Å². The monoisotopic (exact) mass is 353 g/mol. The van der Waals surface area contributed by atoms with E-state index in [-0.39, 0.29) is 0 Å². The molecule has 0 aromatic carbocycles. The van der Waals surface area contributed by atoms with Crippen molar-refractivity contribution in [2.24, 2.45) is 5.92 Å². The molecule has 0 spiro atoms. The van der Waals surface area contributed by atoms with Gasteiger partial charge in [-0.05, 0) is 46.8 Å². The Morgan fingerprint density at radius 1 is 1.30 bits per heavy atom. The summed E-state index contributed by atoms with van der Waals surface area (Å²) in [6.07, 6.45) is 8.60. The fraction of sp³-hybridized carbons (Fsp3) is 0.467. The number of nitrogens with zero attached hydrogens (tertiary/aromatic N) is 2. The third kappa shape index (κ3) is 2.91. The van der Waals surface area contributed by atoms with E-state index in [9.17, 15) is 0 Å². The molecule has 2 aromatic rings. The lowest BCUT2D eigenvalue weighted by Crippen LogP contribution is -2.33. The standard InChI is InChI=1S/C15H17BrClN3/c16-11-7-14-15(19-9-11)13(5-6-18-14)20-12-4-2-1-3-10(12)8-17/h5-7,9-10,12H,1-4,8H2,(H,18,20). The van der Waals surface area contributed by atoms with Crippen LogP contribution >= 0.6 is 27.5 Å². The topological polar surface area (TPSA) is 37.8 Å². The molecule has 20 heavy (non-hydrogen) atoms. The molecule has 3 nitrogen and oxygen atoms in total. The minimum atomic E-state index is 0.442. The molecule has 0 amide bonds. The highest BCUT2D eigenvalue weighted by atomic mass is 79.9. The molecular weight excluding hydrogens is 338 g/mol. The third-order valence-corrected chi connectivity index (χ3v) is 4.82. The Morgan fingerprint density at radius 2 is 2.15 bits per heavy atom. The Balaban J connectivity index is 1.90. The van der Waals surface area contributed by atoms with Gasteiger partial charge in [0.15, 0.2) is 0 Å². The average molecular weight is 355 g/mol. The van der Waals surface area contributed by atoms with E-state index >= 15 is 0 Å². The van der Waals surface area contributed by atoms with Gasteiger partial charge in [0.2, 0.25) is 0 Å². The molecule has 106 valence electrons. The van der Waals surface area contributed by atoms with Crippen LogP contribution in [0.3, 0.4) is 0 Å². The minimum Gasteiger partial charge on any atom is -0.380 e. The number of hydrogen-bond acceptors (Lipinski definition) is 3. The van der Waals surface area contributed by atoms with Gasteiger partial charge in [0.25, 0.3) is 0 Å². The third-order valence-electron chi connectivity index (χ3n) is 3.99. The highest BCUT2D eigenvalue weighted by Gasteiger charge is 2.24.